The van der Waals surface area contributed by atoms with Gasteiger partial charge in [-0.3, -0.25) is 4.68 Å². The van der Waals surface area contributed by atoms with Crippen molar-refractivity contribution < 1.29 is 0 Å². The molecule has 1 aromatic heterocycles. The third kappa shape index (κ3) is 8.66. The van der Waals surface area contributed by atoms with Crippen molar-refractivity contribution in [1.82, 2.24) is 9.78 Å². The Labute approximate surface area is 235 Å². The minimum Gasteiger partial charge on any atom is -0.324 e. The molecule has 204 valence electrons. The quantitative estimate of drug-likeness (QED) is 0.286. The third-order valence-electron chi connectivity index (χ3n) is 6.64. The van der Waals surface area contributed by atoms with Crippen molar-refractivity contribution >= 4 is 11.6 Å². The summed E-state index contributed by atoms with van der Waals surface area (Å²) < 4.78 is 1.90. The number of hydrogen-bond donors (Lipinski definition) is 1. The molecule has 0 radical (unpaired) electrons. The Morgan fingerprint density at radius 2 is 1.69 bits per heavy atom. The van der Waals surface area contributed by atoms with Crippen LogP contribution in [0.1, 0.15) is 56.9 Å². The molecule has 1 heterocycles. The molecule has 0 saturated carbocycles. The van der Waals surface area contributed by atoms with Crippen molar-refractivity contribution in [2.24, 2.45) is 11.7 Å². The second kappa shape index (κ2) is 13.4. The van der Waals surface area contributed by atoms with Gasteiger partial charge < -0.3 is 5.73 Å². The molecule has 0 bridgehead atoms. The van der Waals surface area contributed by atoms with E-state index in [1.165, 1.54) is 33.5 Å². The van der Waals surface area contributed by atoms with Crippen LogP contribution in [0.2, 0.25) is 0 Å². The molecule has 4 aromatic rings. The Morgan fingerprint density at radius 1 is 1.00 bits per heavy atom. The van der Waals surface area contributed by atoms with Crippen LogP contribution < -0.4 is 16.2 Å². The molecule has 0 atom stereocenters. The summed E-state index contributed by atoms with van der Waals surface area (Å²) in [6.45, 7) is 19.6. The van der Waals surface area contributed by atoms with E-state index in [1.807, 2.05) is 37.0 Å². The van der Waals surface area contributed by atoms with Crippen molar-refractivity contribution in [1.29, 1.82) is 0 Å². The predicted molar refractivity (Wildman–Crippen MR) is 169 cm³/mol. The van der Waals surface area contributed by atoms with E-state index in [1.54, 1.807) is 0 Å². The average Bonchev–Trinajstić information content (AvgIpc) is 3.33. The molecule has 39 heavy (non-hydrogen) atoms. The van der Waals surface area contributed by atoms with Gasteiger partial charge >= 0.3 is 0 Å². The van der Waals surface area contributed by atoms with Gasteiger partial charge in [0.05, 0.1) is 12.7 Å². The maximum atomic E-state index is 6.10. The first-order valence-corrected chi connectivity index (χ1v) is 13.9. The van der Waals surface area contributed by atoms with Crippen LogP contribution in [0.15, 0.2) is 91.8 Å². The van der Waals surface area contributed by atoms with Crippen molar-refractivity contribution in [3.8, 4) is 11.1 Å². The van der Waals surface area contributed by atoms with Gasteiger partial charge in [0.1, 0.15) is 0 Å². The summed E-state index contributed by atoms with van der Waals surface area (Å²) in [6.07, 6.45) is 9.22. The van der Waals surface area contributed by atoms with E-state index in [-0.39, 0.29) is 5.54 Å². The second-order valence-corrected chi connectivity index (χ2v) is 11.5. The van der Waals surface area contributed by atoms with Crippen LogP contribution in [0.5, 0.6) is 0 Å². The zero-order chi connectivity index (χ0) is 28.6. The van der Waals surface area contributed by atoms with E-state index in [0.29, 0.717) is 6.54 Å². The van der Waals surface area contributed by atoms with Gasteiger partial charge in [0.25, 0.3) is 0 Å². The lowest BCUT2D eigenvalue weighted by Crippen LogP contribution is -2.37. The van der Waals surface area contributed by atoms with Gasteiger partial charge in [0.15, 0.2) is 0 Å². The molecular formula is C36H45N3. The summed E-state index contributed by atoms with van der Waals surface area (Å²) in [6, 6.07) is 23.7. The molecule has 0 unspecified atom stereocenters. The van der Waals surface area contributed by atoms with E-state index in [4.69, 9.17) is 5.73 Å². The van der Waals surface area contributed by atoms with E-state index in [2.05, 4.69) is 119 Å². The fourth-order valence-corrected chi connectivity index (χ4v) is 4.68. The molecular weight excluding hydrogens is 474 g/mol. The predicted octanol–water partition coefficient (Wildman–Crippen LogP) is 6.97. The number of nitrogens with two attached hydrogens (primary N) is 1. The molecule has 3 heteroatoms. The highest BCUT2D eigenvalue weighted by atomic mass is 15.3. The third-order valence-corrected chi connectivity index (χ3v) is 6.64. The summed E-state index contributed by atoms with van der Waals surface area (Å²) >= 11 is 0. The summed E-state index contributed by atoms with van der Waals surface area (Å²) in [4.78, 5) is 0. The largest absolute Gasteiger partial charge is 0.324 e. The monoisotopic (exact) mass is 519 g/mol. The fourth-order valence-electron chi connectivity index (χ4n) is 4.68. The van der Waals surface area contributed by atoms with Crippen LogP contribution >= 0.6 is 0 Å². The Kier molecular flexibility index (Phi) is 10.3. The smallest absolute Gasteiger partial charge is 0.0584 e. The summed E-state index contributed by atoms with van der Waals surface area (Å²) in [7, 11) is 0. The Bertz CT molecular complexity index is 1500. The molecule has 0 saturated heterocycles. The highest BCUT2D eigenvalue weighted by Gasteiger charge is 2.13. The number of allylic oxidation sites excluding steroid dienone is 1. The molecule has 3 nitrogen and oxygen atoms in total. The number of aryl methyl sites for hydroxylation is 2. The summed E-state index contributed by atoms with van der Waals surface area (Å²) in [5.74, 6) is 0.760. The van der Waals surface area contributed by atoms with Crippen LogP contribution in [0.3, 0.4) is 0 Å². The lowest BCUT2D eigenvalue weighted by atomic mass is 9.98. The van der Waals surface area contributed by atoms with E-state index in [0.717, 1.165) is 28.2 Å². The Morgan fingerprint density at radius 3 is 2.28 bits per heavy atom. The van der Waals surface area contributed by atoms with Gasteiger partial charge in [-0.15, -0.1) is 0 Å². The zero-order valence-corrected chi connectivity index (χ0v) is 24.8. The molecule has 0 fully saturated rings. The Balaban J connectivity index is 0.000000320. The number of aromatic nitrogens is 2. The highest BCUT2D eigenvalue weighted by Crippen LogP contribution is 2.22. The normalized spacial score (nSPS) is 12.7. The molecule has 0 aliphatic heterocycles. The lowest BCUT2D eigenvalue weighted by Gasteiger charge is -2.17. The van der Waals surface area contributed by atoms with Crippen molar-refractivity contribution in [2.75, 3.05) is 0 Å². The van der Waals surface area contributed by atoms with Crippen molar-refractivity contribution in [3.05, 3.63) is 124 Å². The van der Waals surface area contributed by atoms with Crippen LogP contribution in [0, 0.1) is 19.8 Å². The van der Waals surface area contributed by atoms with Crippen molar-refractivity contribution in [3.63, 3.8) is 0 Å². The Hall–Kier alpha value is -3.69. The summed E-state index contributed by atoms with van der Waals surface area (Å²) in [5.41, 5.74) is 14.5. The van der Waals surface area contributed by atoms with E-state index >= 15 is 0 Å². The zero-order valence-electron chi connectivity index (χ0n) is 24.8. The van der Waals surface area contributed by atoms with Gasteiger partial charge in [0.2, 0.25) is 0 Å². The van der Waals surface area contributed by atoms with E-state index < -0.39 is 0 Å². The second-order valence-electron chi connectivity index (χ2n) is 11.5. The number of rotatable bonds is 7. The maximum absolute atomic E-state index is 6.10. The fraction of sp³-hybridized carbons (Fsp3) is 0.306. The molecule has 0 aliphatic carbocycles. The standard InChI is InChI=1S/C25H29N3.C11H16/c1-6-19-9-8-18(3)14-24(19)23(7-2)21-12-10-20(11-13-21)22-15-27-28(16-22)17-25(4,5)26;1-9(2)8-11-7-5-4-6-10(11)3/h6-16H,2,17,26H2,1,3-5H3;4-7,9H,8H2,1-3H3/b19-6-,24-23+;. The van der Waals surface area contributed by atoms with Gasteiger partial charge in [-0.25, -0.2) is 0 Å². The summed E-state index contributed by atoms with van der Waals surface area (Å²) in [5, 5.41) is 6.87. The van der Waals surface area contributed by atoms with Crippen LogP contribution in [0.25, 0.3) is 22.8 Å². The average molecular weight is 520 g/mol. The molecule has 0 amide bonds. The number of hydrogen-bond acceptors (Lipinski definition) is 2. The van der Waals surface area contributed by atoms with Gasteiger partial charge in [0, 0.05) is 17.3 Å². The lowest BCUT2D eigenvalue weighted by molar-refractivity contribution is 0.408. The molecule has 0 spiro atoms. The minimum absolute atomic E-state index is 0.289. The number of benzene rings is 3. The topological polar surface area (TPSA) is 43.8 Å². The van der Waals surface area contributed by atoms with Gasteiger partial charge in [-0.1, -0.05) is 105 Å². The van der Waals surface area contributed by atoms with Gasteiger partial charge in [-0.05, 0) is 85.2 Å². The number of nitrogens with zero attached hydrogens (tertiary/aromatic N) is 2. The first kappa shape index (κ1) is 29.9. The van der Waals surface area contributed by atoms with Gasteiger partial charge in [-0.2, -0.15) is 5.10 Å². The maximum Gasteiger partial charge on any atom is 0.0584 e. The van der Waals surface area contributed by atoms with Crippen LogP contribution in [0.4, 0.5) is 0 Å². The van der Waals surface area contributed by atoms with Crippen LogP contribution in [-0.2, 0) is 13.0 Å². The van der Waals surface area contributed by atoms with Crippen molar-refractivity contribution in [2.45, 2.75) is 67.0 Å². The molecule has 3 aromatic carbocycles. The van der Waals surface area contributed by atoms with E-state index in [9.17, 15) is 0 Å². The molecule has 4 rings (SSSR count). The highest BCUT2D eigenvalue weighted by molar-refractivity contribution is 5.75. The minimum atomic E-state index is -0.289. The van der Waals surface area contributed by atoms with Crippen LogP contribution in [-0.4, -0.2) is 15.3 Å². The first-order valence-electron chi connectivity index (χ1n) is 13.9. The first-order chi connectivity index (χ1) is 18.5. The SMILES string of the molecule is C=C/C(c1ccc(-c2cnn(CC(C)(C)N)c2)cc1)=c1/cc(C)cc/c1=C/C.Cc1ccccc1CC(C)C. The molecule has 0 aliphatic rings. The molecule has 2 N–H and O–H groups in total.